The van der Waals surface area contributed by atoms with Crippen LogP contribution in [0.4, 0.5) is 0 Å². The molecule has 1 heterocycles. The minimum Gasteiger partial charge on any atom is -0.430 e. The number of hydrogen-bond acceptors (Lipinski definition) is 5. The van der Waals surface area contributed by atoms with Gasteiger partial charge in [0.05, 0.1) is 0 Å². The van der Waals surface area contributed by atoms with Crippen LogP contribution in [0.5, 0.6) is 0 Å². The van der Waals surface area contributed by atoms with Gasteiger partial charge in [0.25, 0.3) is 0 Å². The zero-order chi connectivity index (χ0) is 13.9. The van der Waals surface area contributed by atoms with Crippen LogP contribution in [0.3, 0.4) is 0 Å². The van der Waals surface area contributed by atoms with Gasteiger partial charge in [-0.25, -0.2) is 4.79 Å². The maximum absolute atomic E-state index is 12.2. The van der Waals surface area contributed by atoms with Crippen molar-refractivity contribution >= 4 is 5.97 Å². The molecule has 5 nitrogen and oxygen atoms in total. The fraction of sp³-hybridized carbons (Fsp3) is 0.500. The lowest BCUT2D eigenvalue weighted by Crippen LogP contribution is -2.51. The molecule has 1 aliphatic heterocycles. The Balaban J connectivity index is 2.32. The topological polar surface area (TPSA) is 54.0 Å². The monoisotopic (exact) mass is 266 g/mol. The minimum absolute atomic E-state index is 0.377. The van der Waals surface area contributed by atoms with Crippen LogP contribution in [0.15, 0.2) is 30.3 Å². The van der Waals surface area contributed by atoms with Gasteiger partial charge in [-0.2, -0.15) is 0 Å². The molecule has 104 valence electrons. The molecule has 0 aliphatic carbocycles. The predicted octanol–water partition coefficient (Wildman–Crippen LogP) is 1.16. The molecule has 1 aromatic rings. The van der Waals surface area contributed by atoms with Crippen molar-refractivity contribution in [2.24, 2.45) is 0 Å². The molecule has 3 atom stereocenters. The van der Waals surface area contributed by atoms with Gasteiger partial charge < -0.3 is 18.9 Å². The van der Waals surface area contributed by atoms with E-state index in [0.29, 0.717) is 6.42 Å². The van der Waals surface area contributed by atoms with E-state index in [0.717, 1.165) is 5.56 Å². The van der Waals surface area contributed by atoms with Gasteiger partial charge in [-0.3, -0.25) is 0 Å². The van der Waals surface area contributed by atoms with Crippen molar-refractivity contribution < 1.29 is 23.7 Å². The Bertz CT molecular complexity index is 433. The van der Waals surface area contributed by atoms with Crippen LogP contribution >= 0.6 is 0 Å². The maximum atomic E-state index is 12.2. The van der Waals surface area contributed by atoms with Crippen LogP contribution in [0.25, 0.3) is 0 Å². The van der Waals surface area contributed by atoms with Gasteiger partial charge in [0.2, 0.25) is 11.9 Å². The Morgan fingerprint density at radius 2 is 1.84 bits per heavy atom. The smallest absolute Gasteiger partial charge is 0.344 e. The van der Waals surface area contributed by atoms with Crippen molar-refractivity contribution in [3.8, 4) is 0 Å². The molecule has 1 aromatic carbocycles. The van der Waals surface area contributed by atoms with Crippen molar-refractivity contribution in [3.05, 3.63) is 35.9 Å². The van der Waals surface area contributed by atoms with Crippen LogP contribution in [0.2, 0.25) is 0 Å². The summed E-state index contributed by atoms with van der Waals surface area (Å²) in [5.41, 5.74) is -0.198. The number of esters is 1. The zero-order valence-corrected chi connectivity index (χ0v) is 11.3. The van der Waals surface area contributed by atoms with Crippen LogP contribution in [-0.2, 0) is 30.2 Å². The van der Waals surface area contributed by atoms with Gasteiger partial charge in [-0.15, -0.1) is 0 Å². The number of cyclic esters (lactones) is 1. The van der Waals surface area contributed by atoms with E-state index in [1.165, 1.54) is 21.3 Å². The van der Waals surface area contributed by atoms with E-state index < -0.39 is 24.0 Å². The normalized spacial score (nSPS) is 30.4. The third kappa shape index (κ3) is 2.36. The fourth-order valence-electron chi connectivity index (χ4n) is 2.42. The highest BCUT2D eigenvalue weighted by Gasteiger charge is 2.59. The van der Waals surface area contributed by atoms with E-state index in [-0.39, 0.29) is 0 Å². The van der Waals surface area contributed by atoms with Gasteiger partial charge in [0.15, 0.2) is 6.10 Å². The molecule has 1 saturated heterocycles. The van der Waals surface area contributed by atoms with Crippen molar-refractivity contribution in [2.75, 3.05) is 21.3 Å². The van der Waals surface area contributed by atoms with Crippen molar-refractivity contribution in [1.29, 1.82) is 0 Å². The first-order valence-electron chi connectivity index (χ1n) is 6.03. The van der Waals surface area contributed by atoms with Crippen molar-refractivity contribution in [3.63, 3.8) is 0 Å². The van der Waals surface area contributed by atoms with Gasteiger partial charge in [-0.1, -0.05) is 30.3 Å². The summed E-state index contributed by atoms with van der Waals surface area (Å²) in [4.78, 5) is 12.2. The molecule has 1 aliphatic rings. The van der Waals surface area contributed by atoms with E-state index >= 15 is 0 Å². The average molecular weight is 266 g/mol. The molecule has 5 heteroatoms. The lowest BCUT2D eigenvalue weighted by atomic mass is 9.90. The Hall–Kier alpha value is -1.43. The standard InChI is InChI=1S/C14H18O5/c1-16-11-12(17-2)19-13(15)14(11,18-3)9-10-7-5-4-6-8-10/h4-8,11-12H,9H2,1-3H3. The van der Waals surface area contributed by atoms with E-state index in [9.17, 15) is 4.79 Å². The van der Waals surface area contributed by atoms with Gasteiger partial charge in [0.1, 0.15) is 0 Å². The molecule has 19 heavy (non-hydrogen) atoms. The summed E-state index contributed by atoms with van der Waals surface area (Å²) in [6.07, 6.45) is -0.974. The highest BCUT2D eigenvalue weighted by molar-refractivity contribution is 5.83. The minimum atomic E-state index is -1.17. The number of ether oxygens (including phenoxy) is 4. The number of carbonyl (C=O) groups excluding carboxylic acids is 1. The lowest BCUT2D eigenvalue weighted by Gasteiger charge is -2.29. The Morgan fingerprint density at radius 1 is 1.16 bits per heavy atom. The van der Waals surface area contributed by atoms with E-state index in [2.05, 4.69) is 0 Å². The van der Waals surface area contributed by atoms with E-state index in [1.54, 1.807) is 0 Å². The summed E-state index contributed by atoms with van der Waals surface area (Å²) >= 11 is 0. The van der Waals surface area contributed by atoms with Gasteiger partial charge >= 0.3 is 5.97 Å². The molecule has 0 aromatic heterocycles. The molecule has 0 N–H and O–H groups in total. The molecule has 0 amide bonds. The molecule has 0 saturated carbocycles. The fourth-order valence-corrected chi connectivity index (χ4v) is 2.42. The maximum Gasteiger partial charge on any atom is 0.344 e. The highest BCUT2D eigenvalue weighted by atomic mass is 16.7. The molecule has 1 fully saturated rings. The molecular formula is C14H18O5. The van der Waals surface area contributed by atoms with Crippen LogP contribution in [0, 0.1) is 0 Å². The molecule has 0 spiro atoms. The van der Waals surface area contributed by atoms with E-state index in [1.807, 2.05) is 30.3 Å². The largest absolute Gasteiger partial charge is 0.430 e. The van der Waals surface area contributed by atoms with Crippen molar-refractivity contribution in [1.82, 2.24) is 0 Å². The second kappa shape index (κ2) is 5.69. The quantitative estimate of drug-likeness (QED) is 0.749. The first-order valence-corrected chi connectivity index (χ1v) is 6.03. The predicted molar refractivity (Wildman–Crippen MR) is 67.6 cm³/mol. The summed E-state index contributed by atoms with van der Waals surface area (Å²) < 4.78 is 21.2. The summed E-state index contributed by atoms with van der Waals surface area (Å²) in [6.45, 7) is 0. The molecule has 3 unspecified atom stereocenters. The highest BCUT2D eigenvalue weighted by Crippen LogP contribution is 2.35. The number of benzene rings is 1. The number of hydrogen-bond donors (Lipinski definition) is 0. The van der Waals surface area contributed by atoms with Crippen LogP contribution in [0.1, 0.15) is 5.56 Å². The summed E-state index contributed by atoms with van der Waals surface area (Å²) in [5.74, 6) is -0.461. The average Bonchev–Trinajstić information content (AvgIpc) is 2.72. The van der Waals surface area contributed by atoms with Crippen molar-refractivity contribution in [2.45, 2.75) is 24.4 Å². The number of methoxy groups -OCH3 is 3. The SMILES string of the molecule is COC1OC(=O)C(Cc2ccccc2)(OC)C1OC. The van der Waals surface area contributed by atoms with Gasteiger partial charge in [0, 0.05) is 27.8 Å². The number of rotatable bonds is 5. The van der Waals surface area contributed by atoms with Crippen LogP contribution < -0.4 is 0 Å². The van der Waals surface area contributed by atoms with E-state index in [4.69, 9.17) is 18.9 Å². The van der Waals surface area contributed by atoms with Crippen LogP contribution in [-0.4, -0.2) is 45.3 Å². The molecule has 0 radical (unpaired) electrons. The third-order valence-corrected chi connectivity index (χ3v) is 3.44. The number of carbonyl (C=O) groups is 1. The molecule has 0 bridgehead atoms. The second-order valence-corrected chi connectivity index (χ2v) is 4.42. The lowest BCUT2D eigenvalue weighted by molar-refractivity contribution is -0.168. The third-order valence-electron chi connectivity index (χ3n) is 3.44. The summed E-state index contributed by atoms with van der Waals surface area (Å²) in [6, 6.07) is 9.60. The summed E-state index contributed by atoms with van der Waals surface area (Å²) in [5, 5.41) is 0. The molecule has 2 rings (SSSR count). The second-order valence-electron chi connectivity index (χ2n) is 4.42. The first-order chi connectivity index (χ1) is 9.17. The summed E-state index contributed by atoms with van der Waals surface area (Å²) in [7, 11) is 4.46. The molecular weight excluding hydrogens is 248 g/mol. The Kier molecular flexibility index (Phi) is 4.19. The Labute approximate surface area is 112 Å². The Morgan fingerprint density at radius 3 is 2.37 bits per heavy atom. The van der Waals surface area contributed by atoms with Gasteiger partial charge in [-0.05, 0) is 5.56 Å². The zero-order valence-electron chi connectivity index (χ0n) is 11.3. The first kappa shape index (κ1) is 14.0.